The van der Waals surface area contributed by atoms with E-state index in [0.29, 0.717) is 5.39 Å². The third-order valence-corrected chi connectivity index (χ3v) is 4.29. The van der Waals surface area contributed by atoms with Crippen LogP contribution in [0.5, 0.6) is 0 Å². The van der Waals surface area contributed by atoms with Crippen LogP contribution >= 0.6 is 11.6 Å². The van der Waals surface area contributed by atoms with Gasteiger partial charge in [0.05, 0.1) is 5.38 Å². The Morgan fingerprint density at radius 1 is 0.905 bits per heavy atom. The van der Waals surface area contributed by atoms with E-state index < -0.39 is 0 Å². The van der Waals surface area contributed by atoms with Crippen LogP contribution in [0.25, 0.3) is 10.8 Å². The van der Waals surface area contributed by atoms with Crippen molar-refractivity contribution in [1.82, 2.24) is 0 Å². The first-order valence-corrected chi connectivity index (χ1v) is 7.46. The Balaban J connectivity index is 2.01. The maximum absolute atomic E-state index is 13.9. The smallest absolute Gasteiger partial charge is 0.131 e. The van der Waals surface area contributed by atoms with Gasteiger partial charge in [0.15, 0.2) is 0 Å². The highest BCUT2D eigenvalue weighted by Gasteiger charge is 2.14. The second kappa shape index (κ2) is 5.87. The van der Waals surface area contributed by atoms with E-state index in [1.807, 2.05) is 30.3 Å². The van der Waals surface area contributed by atoms with Gasteiger partial charge < -0.3 is 0 Å². The molecule has 3 aromatic rings. The zero-order valence-electron chi connectivity index (χ0n) is 11.8. The second-order valence-corrected chi connectivity index (χ2v) is 5.81. The van der Waals surface area contributed by atoms with Crippen molar-refractivity contribution in [2.45, 2.75) is 18.7 Å². The Morgan fingerprint density at radius 3 is 2.33 bits per heavy atom. The Hall–Kier alpha value is -1.86. The Morgan fingerprint density at radius 2 is 1.57 bits per heavy atom. The minimum Gasteiger partial charge on any atom is -0.206 e. The zero-order chi connectivity index (χ0) is 14.8. The van der Waals surface area contributed by atoms with Gasteiger partial charge >= 0.3 is 0 Å². The van der Waals surface area contributed by atoms with Crippen molar-refractivity contribution in [1.29, 1.82) is 0 Å². The minimum atomic E-state index is -0.200. The Bertz CT molecular complexity index is 779. The van der Waals surface area contributed by atoms with Crippen LogP contribution in [0, 0.1) is 12.7 Å². The summed E-state index contributed by atoms with van der Waals surface area (Å²) in [6.45, 7) is 2.09. The molecule has 0 aliphatic rings. The first-order chi connectivity index (χ1) is 10.2. The van der Waals surface area contributed by atoms with Gasteiger partial charge in [0.1, 0.15) is 5.82 Å². The minimum absolute atomic E-state index is 0.170. The quantitative estimate of drug-likeness (QED) is 0.535. The van der Waals surface area contributed by atoms with Gasteiger partial charge in [-0.15, -0.1) is 11.6 Å². The summed E-state index contributed by atoms with van der Waals surface area (Å²) in [4.78, 5) is 0. The van der Waals surface area contributed by atoms with Crippen molar-refractivity contribution in [3.05, 3.63) is 83.2 Å². The lowest BCUT2D eigenvalue weighted by atomic mass is 9.96. The number of rotatable bonds is 3. The molecule has 0 heterocycles. The van der Waals surface area contributed by atoms with Gasteiger partial charge in [-0.1, -0.05) is 54.6 Å². The van der Waals surface area contributed by atoms with E-state index in [0.717, 1.165) is 17.4 Å². The fraction of sp³-hybridized carbons (Fsp3) is 0.158. The summed E-state index contributed by atoms with van der Waals surface area (Å²) in [5.74, 6) is -0.200. The molecule has 0 fully saturated rings. The van der Waals surface area contributed by atoms with Crippen LogP contribution in [0.3, 0.4) is 0 Å². The molecule has 0 saturated heterocycles. The largest absolute Gasteiger partial charge is 0.206 e. The van der Waals surface area contributed by atoms with Crippen LogP contribution in [0.1, 0.15) is 22.1 Å². The molecule has 106 valence electrons. The van der Waals surface area contributed by atoms with Crippen molar-refractivity contribution in [3.63, 3.8) is 0 Å². The Kier molecular flexibility index (Phi) is 3.94. The van der Waals surface area contributed by atoms with Crippen molar-refractivity contribution in [2.75, 3.05) is 0 Å². The van der Waals surface area contributed by atoms with Gasteiger partial charge in [0.2, 0.25) is 0 Å². The summed E-state index contributed by atoms with van der Waals surface area (Å²) >= 11 is 6.62. The topological polar surface area (TPSA) is 0 Å². The maximum Gasteiger partial charge on any atom is 0.131 e. The summed E-state index contributed by atoms with van der Waals surface area (Å²) < 4.78 is 13.9. The molecule has 0 radical (unpaired) electrons. The average molecular weight is 299 g/mol. The fourth-order valence-electron chi connectivity index (χ4n) is 2.70. The predicted octanol–water partition coefficient (Wildman–Crippen LogP) is 5.81. The monoisotopic (exact) mass is 298 g/mol. The molecule has 21 heavy (non-hydrogen) atoms. The van der Waals surface area contributed by atoms with Crippen LogP contribution in [0.2, 0.25) is 0 Å². The third kappa shape index (κ3) is 2.79. The number of hydrogen-bond donors (Lipinski definition) is 0. The molecule has 3 aromatic carbocycles. The van der Waals surface area contributed by atoms with Crippen molar-refractivity contribution < 1.29 is 4.39 Å². The van der Waals surface area contributed by atoms with E-state index in [-0.39, 0.29) is 11.2 Å². The molecule has 0 aliphatic carbocycles. The predicted molar refractivity (Wildman–Crippen MR) is 87.4 cm³/mol. The van der Waals surface area contributed by atoms with Crippen LogP contribution in [0.15, 0.2) is 60.7 Å². The Labute approximate surface area is 129 Å². The molecule has 0 N–H and O–H groups in total. The van der Waals surface area contributed by atoms with Gasteiger partial charge in [0.25, 0.3) is 0 Å². The summed E-state index contributed by atoms with van der Waals surface area (Å²) in [6.07, 6.45) is 0.740. The SMILES string of the molecule is Cc1ccccc1CC(Cl)c1ccc(F)c2ccccc12. The van der Waals surface area contributed by atoms with Gasteiger partial charge in [-0.05, 0) is 41.5 Å². The third-order valence-electron chi connectivity index (χ3n) is 3.90. The van der Waals surface area contributed by atoms with Crippen LogP contribution in [-0.2, 0) is 6.42 Å². The van der Waals surface area contributed by atoms with E-state index in [1.54, 1.807) is 12.1 Å². The highest BCUT2D eigenvalue weighted by atomic mass is 35.5. The first-order valence-electron chi connectivity index (χ1n) is 7.02. The molecule has 0 spiro atoms. The molecule has 3 rings (SSSR count). The average Bonchev–Trinajstić information content (AvgIpc) is 2.50. The lowest BCUT2D eigenvalue weighted by Gasteiger charge is -2.15. The summed E-state index contributed by atoms with van der Waals surface area (Å²) in [7, 11) is 0. The van der Waals surface area contributed by atoms with Crippen LogP contribution < -0.4 is 0 Å². The van der Waals surface area contributed by atoms with E-state index in [1.165, 1.54) is 17.2 Å². The molecule has 0 aromatic heterocycles. The van der Waals surface area contributed by atoms with Gasteiger partial charge in [-0.3, -0.25) is 0 Å². The molecule has 0 bridgehead atoms. The van der Waals surface area contributed by atoms with Crippen molar-refractivity contribution in [2.24, 2.45) is 0 Å². The molecule has 0 aliphatic heterocycles. The number of alkyl halides is 1. The summed E-state index contributed by atoms with van der Waals surface area (Å²) in [5.41, 5.74) is 3.44. The van der Waals surface area contributed by atoms with E-state index >= 15 is 0 Å². The molecule has 2 heteroatoms. The molecular weight excluding hydrogens is 283 g/mol. The lowest BCUT2D eigenvalue weighted by Crippen LogP contribution is -1.99. The molecule has 0 nitrogen and oxygen atoms in total. The van der Waals surface area contributed by atoms with Gasteiger partial charge in [0, 0.05) is 5.39 Å². The first kappa shape index (κ1) is 14.1. The summed E-state index contributed by atoms with van der Waals surface area (Å²) in [5, 5.41) is 1.35. The number of fused-ring (bicyclic) bond motifs is 1. The molecule has 0 saturated carbocycles. The van der Waals surface area contributed by atoms with E-state index in [4.69, 9.17) is 11.6 Å². The normalized spacial score (nSPS) is 12.5. The standard InChI is InChI=1S/C19H16ClF/c1-13-6-2-3-7-14(13)12-18(20)16-10-11-19(21)17-9-5-4-8-15(16)17/h2-11,18H,12H2,1H3. The molecule has 1 unspecified atom stereocenters. The molecule has 1 atom stereocenters. The fourth-order valence-corrected chi connectivity index (χ4v) is 3.06. The zero-order valence-corrected chi connectivity index (χ0v) is 12.6. The van der Waals surface area contributed by atoms with E-state index in [9.17, 15) is 4.39 Å². The second-order valence-electron chi connectivity index (χ2n) is 5.28. The van der Waals surface area contributed by atoms with Crippen molar-refractivity contribution >= 4 is 22.4 Å². The number of aryl methyl sites for hydroxylation is 1. The highest BCUT2D eigenvalue weighted by molar-refractivity contribution is 6.22. The lowest BCUT2D eigenvalue weighted by molar-refractivity contribution is 0.639. The number of hydrogen-bond acceptors (Lipinski definition) is 0. The van der Waals surface area contributed by atoms with Crippen LogP contribution in [0.4, 0.5) is 4.39 Å². The number of halogens is 2. The number of benzene rings is 3. The van der Waals surface area contributed by atoms with Gasteiger partial charge in [-0.2, -0.15) is 0 Å². The highest BCUT2D eigenvalue weighted by Crippen LogP contribution is 2.32. The summed E-state index contributed by atoms with van der Waals surface area (Å²) in [6, 6.07) is 19.0. The molecular formula is C19H16ClF. The van der Waals surface area contributed by atoms with E-state index in [2.05, 4.69) is 19.1 Å². The van der Waals surface area contributed by atoms with Crippen molar-refractivity contribution in [3.8, 4) is 0 Å². The molecule has 0 amide bonds. The van der Waals surface area contributed by atoms with Gasteiger partial charge in [-0.25, -0.2) is 4.39 Å². The van der Waals surface area contributed by atoms with Crippen LogP contribution in [-0.4, -0.2) is 0 Å². The maximum atomic E-state index is 13.9.